The molecule has 0 heterocycles. The van der Waals surface area contributed by atoms with E-state index in [1.165, 1.54) is 19.3 Å². The average Bonchev–Trinajstić information content (AvgIpc) is 2.44. The summed E-state index contributed by atoms with van der Waals surface area (Å²) in [5.74, 6) is 5.83. The molecule has 0 aliphatic heterocycles. The molecular formula is C18H23NO2. The minimum Gasteiger partial charge on any atom is -0.395 e. The first-order valence-corrected chi connectivity index (χ1v) is 7.53. The number of carbonyl (C=O) groups is 1. The molecule has 2 N–H and O–H groups in total. The first kappa shape index (κ1) is 15.6. The fraction of sp³-hybridized carbons (Fsp3) is 0.500. The van der Waals surface area contributed by atoms with Gasteiger partial charge in [-0.25, -0.2) is 0 Å². The van der Waals surface area contributed by atoms with Gasteiger partial charge in [0.15, 0.2) is 0 Å². The van der Waals surface area contributed by atoms with E-state index in [0.29, 0.717) is 12.0 Å². The van der Waals surface area contributed by atoms with E-state index < -0.39 is 0 Å². The van der Waals surface area contributed by atoms with Crippen LogP contribution in [0.25, 0.3) is 0 Å². The van der Waals surface area contributed by atoms with Crippen molar-refractivity contribution >= 4 is 5.91 Å². The summed E-state index contributed by atoms with van der Waals surface area (Å²) >= 11 is 0. The number of benzene rings is 1. The van der Waals surface area contributed by atoms with Gasteiger partial charge in [0.05, 0.1) is 6.61 Å². The van der Waals surface area contributed by atoms with Crippen LogP contribution in [0.3, 0.4) is 0 Å². The first-order chi connectivity index (χ1) is 10.0. The second-order valence-corrected chi connectivity index (χ2v) is 6.15. The standard InChI is InChI=1S/C18H23NO2/c1-14-7-8-15(6-3-4-11-20)12-16(14)17(21)19-13-18(2)9-5-10-18/h7-8,12,20H,4-5,9-11,13H2,1-2H3,(H,19,21). The zero-order valence-corrected chi connectivity index (χ0v) is 12.8. The quantitative estimate of drug-likeness (QED) is 0.836. The lowest BCUT2D eigenvalue weighted by atomic mass is 9.70. The van der Waals surface area contributed by atoms with Crippen LogP contribution in [-0.2, 0) is 0 Å². The van der Waals surface area contributed by atoms with E-state index in [-0.39, 0.29) is 17.9 Å². The molecule has 1 fully saturated rings. The Bertz CT molecular complexity index is 577. The minimum absolute atomic E-state index is 0.0218. The number of aryl methyl sites for hydroxylation is 1. The lowest BCUT2D eigenvalue weighted by molar-refractivity contribution is 0.0890. The maximum absolute atomic E-state index is 12.3. The van der Waals surface area contributed by atoms with Crippen LogP contribution in [0.1, 0.15) is 54.1 Å². The molecule has 3 heteroatoms. The third-order valence-electron chi connectivity index (χ3n) is 4.19. The van der Waals surface area contributed by atoms with Crippen LogP contribution in [0.4, 0.5) is 0 Å². The molecule has 21 heavy (non-hydrogen) atoms. The van der Waals surface area contributed by atoms with Gasteiger partial charge in [-0.05, 0) is 42.9 Å². The maximum Gasteiger partial charge on any atom is 0.251 e. The van der Waals surface area contributed by atoms with Gasteiger partial charge >= 0.3 is 0 Å². The van der Waals surface area contributed by atoms with Crippen molar-refractivity contribution in [3.63, 3.8) is 0 Å². The third kappa shape index (κ3) is 4.09. The predicted molar refractivity (Wildman–Crippen MR) is 84.1 cm³/mol. The van der Waals surface area contributed by atoms with Crippen LogP contribution < -0.4 is 5.32 Å². The van der Waals surface area contributed by atoms with E-state index in [1.807, 2.05) is 25.1 Å². The number of carbonyl (C=O) groups excluding carboxylic acids is 1. The molecule has 1 aromatic rings. The Morgan fingerprint density at radius 2 is 2.19 bits per heavy atom. The van der Waals surface area contributed by atoms with Crippen LogP contribution in [0.2, 0.25) is 0 Å². The number of aliphatic hydroxyl groups is 1. The van der Waals surface area contributed by atoms with E-state index in [4.69, 9.17) is 5.11 Å². The Morgan fingerprint density at radius 1 is 1.43 bits per heavy atom. The normalized spacial score (nSPS) is 15.6. The molecule has 0 bridgehead atoms. The van der Waals surface area contributed by atoms with E-state index >= 15 is 0 Å². The SMILES string of the molecule is Cc1ccc(C#CCCO)cc1C(=O)NCC1(C)CCC1. The number of aliphatic hydroxyl groups excluding tert-OH is 1. The molecule has 1 aromatic carbocycles. The Balaban J connectivity index is 2.05. The molecule has 0 saturated heterocycles. The molecule has 0 spiro atoms. The summed E-state index contributed by atoms with van der Waals surface area (Å²) in [6.07, 6.45) is 4.10. The van der Waals surface area contributed by atoms with Crippen molar-refractivity contribution in [1.82, 2.24) is 5.32 Å². The minimum atomic E-state index is -0.0218. The van der Waals surface area contributed by atoms with Gasteiger partial charge in [0.1, 0.15) is 0 Å². The van der Waals surface area contributed by atoms with Gasteiger partial charge in [-0.3, -0.25) is 4.79 Å². The van der Waals surface area contributed by atoms with E-state index in [2.05, 4.69) is 24.1 Å². The number of hydrogen-bond acceptors (Lipinski definition) is 2. The van der Waals surface area contributed by atoms with Gasteiger partial charge < -0.3 is 10.4 Å². The van der Waals surface area contributed by atoms with E-state index in [9.17, 15) is 4.79 Å². The van der Waals surface area contributed by atoms with Crippen molar-refractivity contribution in [3.05, 3.63) is 34.9 Å². The second-order valence-electron chi connectivity index (χ2n) is 6.15. The summed E-state index contributed by atoms with van der Waals surface area (Å²) in [4.78, 5) is 12.3. The lowest BCUT2D eigenvalue weighted by Gasteiger charge is -2.38. The number of nitrogens with one attached hydrogen (secondary N) is 1. The molecule has 0 unspecified atom stereocenters. The van der Waals surface area contributed by atoms with Gasteiger partial charge in [0.25, 0.3) is 5.91 Å². The topological polar surface area (TPSA) is 49.3 Å². The highest BCUT2D eigenvalue weighted by atomic mass is 16.2. The third-order valence-corrected chi connectivity index (χ3v) is 4.19. The summed E-state index contributed by atoms with van der Waals surface area (Å²) in [5.41, 5.74) is 2.74. The number of amides is 1. The summed E-state index contributed by atoms with van der Waals surface area (Å²) in [5, 5.41) is 11.8. The fourth-order valence-electron chi connectivity index (χ4n) is 2.51. The Hall–Kier alpha value is -1.79. The molecule has 1 aliphatic carbocycles. The summed E-state index contributed by atoms with van der Waals surface area (Å²) in [6.45, 7) is 4.96. The number of rotatable bonds is 4. The second kappa shape index (κ2) is 6.78. The molecule has 1 aliphatic rings. The monoisotopic (exact) mass is 285 g/mol. The van der Waals surface area contributed by atoms with Crippen LogP contribution in [0, 0.1) is 24.2 Å². The van der Waals surface area contributed by atoms with Crippen LogP contribution in [-0.4, -0.2) is 24.2 Å². The highest BCUT2D eigenvalue weighted by Gasteiger charge is 2.32. The Morgan fingerprint density at radius 3 is 2.81 bits per heavy atom. The van der Waals surface area contributed by atoms with Gasteiger partial charge in [-0.15, -0.1) is 0 Å². The summed E-state index contributed by atoms with van der Waals surface area (Å²) in [6, 6.07) is 5.66. The van der Waals surface area contributed by atoms with Crippen molar-refractivity contribution in [1.29, 1.82) is 0 Å². The molecule has 0 aromatic heterocycles. The average molecular weight is 285 g/mol. The molecule has 0 atom stereocenters. The summed E-state index contributed by atoms with van der Waals surface area (Å²) < 4.78 is 0. The van der Waals surface area contributed by atoms with Crippen molar-refractivity contribution in [2.75, 3.05) is 13.2 Å². The Kier molecular flexibility index (Phi) is 5.03. The van der Waals surface area contributed by atoms with Gasteiger partial charge in [-0.1, -0.05) is 31.3 Å². The summed E-state index contributed by atoms with van der Waals surface area (Å²) in [7, 11) is 0. The van der Waals surface area contributed by atoms with Crippen molar-refractivity contribution in [2.24, 2.45) is 5.41 Å². The predicted octanol–water partition coefficient (Wildman–Crippen LogP) is 2.65. The zero-order chi connectivity index (χ0) is 15.3. The molecule has 112 valence electrons. The largest absolute Gasteiger partial charge is 0.395 e. The van der Waals surface area contributed by atoms with Gasteiger partial charge in [0, 0.05) is 24.1 Å². The van der Waals surface area contributed by atoms with E-state index in [1.54, 1.807) is 0 Å². The van der Waals surface area contributed by atoms with Gasteiger partial charge in [0.2, 0.25) is 0 Å². The first-order valence-electron chi connectivity index (χ1n) is 7.53. The Labute approximate surface area is 126 Å². The maximum atomic E-state index is 12.3. The number of hydrogen-bond donors (Lipinski definition) is 2. The van der Waals surface area contributed by atoms with Crippen molar-refractivity contribution in [3.8, 4) is 11.8 Å². The molecule has 1 saturated carbocycles. The zero-order valence-electron chi connectivity index (χ0n) is 12.8. The van der Waals surface area contributed by atoms with Crippen molar-refractivity contribution < 1.29 is 9.90 Å². The highest BCUT2D eigenvalue weighted by Crippen LogP contribution is 2.39. The van der Waals surface area contributed by atoms with Crippen LogP contribution in [0.5, 0.6) is 0 Å². The molecule has 0 radical (unpaired) electrons. The highest BCUT2D eigenvalue weighted by molar-refractivity contribution is 5.96. The van der Waals surface area contributed by atoms with Crippen LogP contribution in [0.15, 0.2) is 18.2 Å². The van der Waals surface area contributed by atoms with Crippen LogP contribution >= 0.6 is 0 Å². The van der Waals surface area contributed by atoms with E-state index in [0.717, 1.165) is 17.7 Å². The fourth-order valence-corrected chi connectivity index (χ4v) is 2.51. The molecule has 2 rings (SSSR count). The molecular weight excluding hydrogens is 262 g/mol. The van der Waals surface area contributed by atoms with Crippen molar-refractivity contribution in [2.45, 2.75) is 39.5 Å². The molecule has 3 nitrogen and oxygen atoms in total. The smallest absolute Gasteiger partial charge is 0.251 e. The lowest BCUT2D eigenvalue weighted by Crippen LogP contribution is -2.40. The molecule has 1 amide bonds. The van der Waals surface area contributed by atoms with Gasteiger partial charge in [-0.2, -0.15) is 0 Å².